The van der Waals surface area contributed by atoms with Gasteiger partial charge in [0.05, 0.1) is 16.3 Å². The molecule has 5 nitrogen and oxygen atoms in total. The maximum absolute atomic E-state index is 13.5. The fraction of sp³-hybridized carbons (Fsp3) is 0.200. The molecule has 0 bridgehead atoms. The van der Waals surface area contributed by atoms with Crippen molar-refractivity contribution < 1.29 is 9.59 Å². The van der Waals surface area contributed by atoms with Crippen molar-refractivity contribution in [3.8, 4) is 0 Å². The Labute approximate surface area is 205 Å². The van der Waals surface area contributed by atoms with E-state index in [0.29, 0.717) is 32.0 Å². The summed E-state index contributed by atoms with van der Waals surface area (Å²) in [5.74, 6) is -0.575. The van der Waals surface area contributed by atoms with Gasteiger partial charge in [-0.1, -0.05) is 72.5 Å². The largest absolute Gasteiger partial charge is 0.298 e. The van der Waals surface area contributed by atoms with E-state index in [0.717, 1.165) is 36.9 Å². The SMILES string of the molecule is O=C(Nc1nc2c(s1)CCCC2)/C(Cc1ccccc1)=C1/SC(=S)N(c2ccccc2)C1=O. The Bertz CT molecular complexity index is 1230. The molecule has 2 aliphatic rings. The van der Waals surface area contributed by atoms with Gasteiger partial charge in [-0.25, -0.2) is 4.98 Å². The van der Waals surface area contributed by atoms with E-state index < -0.39 is 0 Å². The van der Waals surface area contributed by atoms with Crippen LogP contribution in [0, 0.1) is 0 Å². The van der Waals surface area contributed by atoms with Gasteiger partial charge >= 0.3 is 0 Å². The zero-order valence-electron chi connectivity index (χ0n) is 17.7. The molecule has 0 spiro atoms. The molecule has 0 radical (unpaired) electrons. The number of rotatable bonds is 5. The zero-order valence-corrected chi connectivity index (χ0v) is 20.2. The molecular weight excluding hydrogens is 470 g/mol. The molecule has 1 aliphatic heterocycles. The predicted octanol–water partition coefficient (Wildman–Crippen LogP) is 5.52. The Morgan fingerprint density at radius 1 is 1.03 bits per heavy atom. The lowest BCUT2D eigenvalue weighted by Crippen LogP contribution is -2.28. The van der Waals surface area contributed by atoms with Gasteiger partial charge in [0.2, 0.25) is 0 Å². The van der Waals surface area contributed by atoms with Crippen LogP contribution < -0.4 is 10.2 Å². The number of benzene rings is 2. The lowest BCUT2D eigenvalue weighted by atomic mass is 10.0. The van der Waals surface area contributed by atoms with Crippen LogP contribution >= 0.6 is 35.3 Å². The topological polar surface area (TPSA) is 62.3 Å². The number of hydrogen-bond donors (Lipinski definition) is 1. The number of fused-ring (bicyclic) bond motifs is 1. The molecule has 5 rings (SSSR count). The van der Waals surface area contributed by atoms with E-state index in [2.05, 4.69) is 10.3 Å². The second-order valence-corrected chi connectivity index (χ2v) is 10.6. The monoisotopic (exact) mass is 491 g/mol. The van der Waals surface area contributed by atoms with Crippen LogP contribution in [0.3, 0.4) is 0 Å². The number of para-hydroxylation sites is 1. The van der Waals surface area contributed by atoms with Gasteiger partial charge in [-0.3, -0.25) is 19.8 Å². The molecule has 1 aromatic heterocycles. The number of thiocarbonyl (C=S) groups is 1. The molecule has 166 valence electrons. The number of amides is 2. The number of carbonyl (C=O) groups is 2. The van der Waals surface area contributed by atoms with Crippen molar-refractivity contribution in [1.29, 1.82) is 0 Å². The average Bonchev–Trinajstić information content (AvgIpc) is 3.37. The smallest absolute Gasteiger partial charge is 0.271 e. The van der Waals surface area contributed by atoms with Crippen LogP contribution in [0.5, 0.6) is 0 Å². The maximum Gasteiger partial charge on any atom is 0.271 e. The lowest BCUT2D eigenvalue weighted by molar-refractivity contribution is -0.115. The summed E-state index contributed by atoms with van der Waals surface area (Å²) in [6.07, 6.45) is 4.58. The number of aryl methyl sites for hydroxylation is 2. The molecule has 2 aromatic carbocycles. The number of aromatic nitrogens is 1. The highest BCUT2D eigenvalue weighted by molar-refractivity contribution is 8.27. The van der Waals surface area contributed by atoms with Crippen LogP contribution in [0.4, 0.5) is 10.8 Å². The van der Waals surface area contributed by atoms with Crippen LogP contribution in [0.15, 0.2) is 71.1 Å². The summed E-state index contributed by atoms with van der Waals surface area (Å²) in [4.78, 5) is 34.7. The third kappa shape index (κ3) is 4.64. The lowest BCUT2D eigenvalue weighted by Gasteiger charge is -2.14. The van der Waals surface area contributed by atoms with Gasteiger partial charge in [0.25, 0.3) is 11.8 Å². The number of nitrogens with one attached hydrogen (secondary N) is 1. The van der Waals surface area contributed by atoms with Crippen molar-refractivity contribution in [2.75, 3.05) is 10.2 Å². The van der Waals surface area contributed by atoms with Crippen LogP contribution in [-0.4, -0.2) is 21.1 Å². The first-order valence-corrected chi connectivity index (χ1v) is 12.8. The molecule has 0 unspecified atom stereocenters. The Kier molecular flexibility index (Phi) is 6.39. The van der Waals surface area contributed by atoms with Crippen molar-refractivity contribution in [2.45, 2.75) is 32.1 Å². The first kappa shape index (κ1) is 22.0. The fourth-order valence-electron chi connectivity index (χ4n) is 3.99. The molecule has 1 fully saturated rings. The van der Waals surface area contributed by atoms with E-state index in [4.69, 9.17) is 12.2 Å². The molecule has 2 heterocycles. The highest BCUT2D eigenvalue weighted by atomic mass is 32.2. The molecule has 8 heteroatoms. The van der Waals surface area contributed by atoms with E-state index in [1.54, 1.807) is 0 Å². The highest BCUT2D eigenvalue weighted by Crippen LogP contribution is 2.38. The number of anilines is 2. The normalized spacial score (nSPS) is 17.2. The van der Waals surface area contributed by atoms with Gasteiger partial charge < -0.3 is 0 Å². The molecule has 0 saturated carbocycles. The minimum Gasteiger partial charge on any atom is -0.298 e. The van der Waals surface area contributed by atoms with Gasteiger partial charge in [0.1, 0.15) is 0 Å². The molecule has 0 atom stereocenters. The Hall–Kier alpha value is -2.81. The minimum atomic E-state index is -0.307. The van der Waals surface area contributed by atoms with Crippen LogP contribution in [0.25, 0.3) is 0 Å². The van der Waals surface area contributed by atoms with Crippen molar-refractivity contribution in [3.63, 3.8) is 0 Å². The van der Waals surface area contributed by atoms with Gasteiger partial charge in [0, 0.05) is 16.9 Å². The number of hydrogen-bond acceptors (Lipinski definition) is 6. The third-order valence-corrected chi connectivity index (χ3v) is 8.11. The van der Waals surface area contributed by atoms with E-state index in [9.17, 15) is 9.59 Å². The van der Waals surface area contributed by atoms with Crippen molar-refractivity contribution >= 4 is 62.3 Å². The van der Waals surface area contributed by atoms with Gasteiger partial charge in [-0.2, -0.15) is 0 Å². The fourth-order valence-corrected chi connectivity index (χ4v) is 6.40. The number of thiazole rings is 1. The Balaban J connectivity index is 1.49. The van der Waals surface area contributed by atoms with Gasteiger partial charge in [-0.15, -0.1) is 11.3 Å². The Morgan fingerprint density at radius 2 is 1.73 bits per heavy atom. The average molecular weight is 492 g/mol. The van der Waals surface area contributed by atoms with Gasteiger partial charge in [0.15, 0.2) is 9.45 Å². The van der Waals surface area contributed by atoms with Crippen LogP contribution in [-0.2, 0) is 28.9 Å². The van der Waals surface area contributed by atoms with E-state index in [1.807, 2.05) is 60.7 Å². The van der Waals surface area contributed by atoms with Gasteiger partial charge in [-0.05, 0) is 43.4 Å². The summed E-state index contributed by atoms with van der Waals surface area (Å²) in [5.41, 5.74) is 3.14. The highest BCUT2D eigenvalue weighted by Gasteiger charge is 2.37. The first-order chi connectivity index (χ1) is 16.1. The second-order valence-electron chi connectivity index (χ2n) is 7.86. The number of nitrogens with zero attached hydrogens (tertiary/aromatic N) is 2. The minimum absolute atomic E-state index is 0.268. The molecule has 33 heavy (non-hydrogen) atoms. The summed E-state index contributed by atoms with van der Waals surface area (Å²) in [7, 11) is 0. The molecule has 1 N–H and O–H groups in total. The molecule has 3 aromatic rings. The zero-order chi connectivity index (χ0) is 22.8. The molecule has 1 aliphatic carbocycles. The first-order valence-electron chi connectivity index (χ1n) is 10.8. The molecule has 1 saturated heterocycles. The summed E-state index contributed by atoms with van der Waals surface area (Å²) in [6, 6.07) is 19.0. The quantitative estimate of drug-likeness (QED) is 0.376. The van der Waals surface area contributed by atoms with Crippen molar-refractivity contribution in [2.24, 2.45) is 0 Å². The third-order valence-electron chi connectivity index (χ3n) is 5.62. The van der Waals surface area contributed by atoms with Crippen LogP contribution in [0.2, 0.25) is 0 Å². The summed E-state index contributed by atoms with van der Waals surface area (Å²) in [6.45, 7) is 0. The number of thioether (sulfide) groups is 1. The predicted molar refractivity (Wildman–Crippen MR) is 139 cm³/mol. The van der Waals surface area contributed by atoms with Crippen molar-refractivity contribution in [1.82, 2.24) is 4.98 Å². The second kappa shape index (κ2) is 9.59. The van der Waals surface area contributed by atoms with E-state index in [1.165, 1.54) is 32.9 Å². The Morgan fingerprint density at radius 3 is 2.45 bits per heavy atom. The van der Waals surface area contributed by atoms with E-state index >= 15 is 0 Å². The van der Waals surface area contributed by atoms with E-state index in [-0.39, 0.29) is 11.8 Å². The standard InChI is InChI=1S/C25H21N3O2S3/c29-22(27-24-26-19-13-7-8-14-20(19)32-24)18(15-16-9-3-1-4-10-16)21-23(30)28(25(31)33-21)17-11-5-2-6-12-17/h1-6,9-12H,7-8,13-15H2,(H,26,27,29)/b21-18+. The molecular formula is C25H21N3O2S3. The summed E-state index contributed by atoms with van der Waals surface area (Å²) >= 11 is 8.24. The summed E-state index contributed by atoms with van der Waals surface area (Å²) < 4.78 is 0.421. The number of carbonyl (C=O) groups excluding carboxylic acids is 2. The van der Waals surface area contributed by atoms with Crippen LogP contribution in [0.1, 0.15) is 29.0 Å². The maximum atomic E-state index is 13.5. The van der Waals surface area contributed by atoms with Crippen molar-refractivity contribution in [3.05, 3.63) is 87.3 Å². The summed E-state index contributed by atoms with van der Waals surface area (Å²) in [5, 5.41) is 3.56. The molecule has 2 amide bonds.